The van der Waals surface area contributed by atoms with Crippen molar-refractivity contribution in [2.75, 3.05) is 11.1 Å². The van der Waals surface area contributed by atoms with Crippen LogP contribution in [0.5, 0.6) is 0 Å². The monoisotopic (exact) mass is 440 g/mol. The van der Waals surface area contributed by atoms with Gasteiger partial charge in [0.25, 0.3) is 0 Å². The van der Waals surface area contributed by atoms with Crippen LogP contribution in [0.15, 0.2) is 60.8 Å². The maximum Gasteiger partial charge on any atom is 0.417 e. The maximum absolute atomic E-state index is 13.7. The molecular formula is C21H15F3N6O2. The summed E-state index contributed by atoms with van der Waals surface area (Å²) in [5.41, 5.74) is 4.64. The van der Waals surface area contributed by atoms with E-state index in [1.54, 1.807) is 30.3 Å². The Morgan fingerprint density at radius 1 is 1.00 bits per heavy atom. The second kappa shape index (κ2) is 8.46. The molecule has 0 aliphatic carbocycles. The van der Waals surface area contributed by atoms with Crippen LogP contribution in [0.25, 0.3) is 10.9 Å². The fraction of sp³-hybridized carbons (Fsp3) is 0.0952. The Bertz CT molecular complexity index is 1280. The number of hydrogen-bond donors (Lipinski definition) is 2. The summed E-state index contributed by atoms with van der Waals surface area (Å²) < 4.78 is 46.2. The SMILES string of the molecule is Nc1nc(COC(=O)c2cnc3ccccc3c2C(F)(F)F)nc(Nc2ccccc2)n1. The van der Waals surface area contributed by atoms with Gasteiger partial charge in [0.15, 0.2) is 12.4 Å². The first-order chi connectivity index (χ1) is 15.3. The quantitative estimate of drug-likeness (QED) is 0.445. The van der Waals surface area contributed by atoms with Gasteiger partial charge in [0.1, 0.15) is 0 Å². The number of rotatable bonds is 5. The summed E-state index contributed by atoms with van der Waals surface area (Å²) in [6.45, 7) is -0.515. The molecule has 0 saturated carbocycles. The molecule has 4 aromatic rings. The van der Waals surface area contributed by atoms with Crippen molar-refractivity contribution in [2.24, 2.45) is 0 Å². The molecule has 0 amide bonds. The molecule has 2 heterocycles. The predicted octanol–water partition coefficient (Wildman–Crippen LogP) is 4.12. The first kappa shape index (κ1) is 21.0. The van der Waals surface area contributed by atoms with Crippen LogP contribution < -0.4 is 11.1 Å². The van der Waals surface area contributed by atoms with Crippen LogP contribution in [0.2, 0.25) is 0 Å². The molecule has 4 rings (SSSR count). The fourth-order valence-electron chi connectivity index (χ4n) is 3.02. The van der Waals surface area contributed by atoms with Gasteiger partial charge in [-0.15, -0.1) is 0 Å². The van der Waals surface area contributed by atoms with Gasteiger partial charge in [0, 0.05) is 17.3 Å². The molecule has 8 nitrogen and oxygen atoms in total. The number of halogens is 3. The Morgan fingerprint density at radius 3 is 2.47 bits per heavy atom. The van der Waals surface area contributed by atoms with Gasteiger partial charge in [-0.1, -0.05) is 36.4 Å². The maximum atomic E-state index is 13.7. The summed E-state index contributed by atoms with van der Waals surface area (Å²) in [6, 6.07) is 14.6. The van der Waals surface area contributed by atoms with Gasteiger partial charge in [0.2, 0.25) is 11.9 Å². The van der Waals surface area contributed by atoms with Crippen molar-refractivity contribution in [2.45, 2.75) is 12.8 Å². The Hall–Kier alpha value is -4.28. The topological polar surface area (TPSA) is 116 Å². The van der Waals surface area contributed by atoms with E-state index in [-0.39, 0.29) is 28.6 Å². The largest absolute Gasteiger partial charge is 0.454 e. The minimum absolute atomic E-state index is 0.0356. The third kappa shape index (κ3) is 4.56. The average Bonchev–Trinajstić information content (AvgIpc) is 2.76. The van der Waals surface area contributed by atoms with Crippen LogP contribution in [0.1, 0.15) is 21.7 Å². The molecule has 0 bridgehead atoms. The standard InChI is InChI=1S/C21H15F3N6O2/c22-21(23,24)17-13-8-4-5-9-15(13)26-10-14(17)18(31)32-11-16-28-19(25)30-20(29-16)27-12-6-2-1-3-7-12/h1-10H,11H2,(H3,25,27,28,29,30). The van der Waals surface area contributed by atoms with Gasteiger partial charge in [0.05, 0.1) is 16.6 Å². The van der Waals surface area contributed by atoms with Gasteiger partial charge in [-0.3, -0.25) is 4.98 Å². The second-order valence-electron chi connectivity index (χ2n) is 6.56. The summed E-state index contributed by atoms with van der Waals surface area (Å²) in [6.07, 6.45) is -3.95. The van der Waals surface area contributed by atoms with E-state index in [0.29, 0.717) is 5.69 Å². The number of alkyl halides is 3. The molecule has 2 aromatic heterocycles. The summed E-state index contributed by atoms with van der Waals surface area (Å²) >= 11 is 0. The lowest BCUT2D eigenvalue weighted by atomic mass is 10.0. The lowest BCUT2D eigenvalue weighted by Crippen LogP contribution is -2.17. The number of benzene rings is 2. The highest BCUT2D eigenvalue weighted by Crippen LogP contribution is 2.37. The number of fused-ring (bicyclic) bond motifs is 1. The molecule has 32 heavy (non-hydrogen) atoms. The molecule has 0 radical (unpaired) electrons. The zero-order valence-electron chi connectivity index (χ0n) is 16.3. The minimum atomic E-state index is -4.79. The molecule has 0 aliphatic heterocycles. The van der Waals surface area contributed by atoms with E-state index in [0.717, 1.165) is 6.20 Å². The van der Waals surface area contributed by atoms with E-state index in [1.165, 1.54) is 18.2 Å². The van der Waals surface area contributed by atoms with Crippen LogP contribution in [0.3, 0.4) is 0 Å². The van der Waals surface area contributed by atoms with Crippen molar-refractivity contribution in [3.63, 3.8) is 0 Å². The number of carbonyl (C=O) groups is 1. The number of pyridine rings is 1. The number of para-hydroxylation sites is 2. The lowest BCUT2D eigenvalue weighted by molar-refractivity contribution is -0.136. The van der Waals surface area contributed by atoms with E-state index >= 15 is 0 Å². The highest BCUT2D eigenvalue weighted by atomic mass is 19.4. The Kier molecular flexibility index (Phi) is 5.54. The zero-order chi connectivity index (χ0) is 22.7. The van der Waals surface area contributed by atoms with E-state index < -0.39 is 29.9 Å². The van der Waals surface area contributed by atoms with Crippen LogP contribution in [-0.4, -0.2) is 25.9 Å². The Labute approximate surface area is 179 Å². The van der Waals surface area contributed by atoms with Crippen molar-refractivity contribution < 1.29 is 22.7 Å². The normalized spacial score (nSPS) is 11.3. The molecule has 3 N–H and O–H groups in total. The number of ether oxygens (including phenoxy) is 1. The van der Waals surface area contributed by atoms with Crippen LogP contribution in [-0.2, 0) is 17.5 Å². The molecule has 0 aliphatic rings. The molecule has 162 valence electrons. The first-order valence-electron chi connectivity index (χ1n) is 9.26. The van der Waals surface area contributed by atoms with Gasteiger partial charge in [-0.2, -0.15) is 28.1 Å². The molecule has 0 atom stereocenters. The van der Waals surface area contributed by atoms with Crippen LogP contribution >= 0.6 is 0 Å². The second-order valence-corrected chi connectivity index (χ2v) is 6.56. The van der Waals surface area contributed by atoms with E-state index in [2.05, 4.69) is 25.3 Å². The fourth-order valence-corrected chi connectivity index (χ4v) is 3.02. The van der Waals surface area contributed by atoms with Gasteiger partial charge >= 0.3 is 12.1 Å². The predicted molar refractivity (Wildman–Crippen MR) is 110 cm³/mol. The summed E-state index contributed by atoms with van der Waals surface area (Å²) in [4.78, 5) is 28.3. The number of anilines is 3. The summed E-state index contributed by atoms with van der Waals surface area (Å²) in [5, 5.41) is 2.71. The zero-order valence-corrected chi connectivity index (χ0v) is 16.3. The number of nitrogens with two attached hydrogens (primary N) is 1. The molecule has 0 unspecified atom stereocenters. The van der Waals surface area contributed by atoms with E-state index in [9.17, 15) is 18.0 Å². The number of nitrogens with zero attached hydrogens (tertiary/aromatic N) is 4. The highest BCUT2D eigenvalue weighted by molar-refractivity contribution is 5.97. The molecule has 11 heteroatoms. The van der Waals surface area contributed by atoms with Crippen molar-refractivity contribution >= 4 is 34.5 Å². The smallest absolute Gasteiger partial charge is 0.417 e. The summed E-state index contributed by atoms with van der Waals surface area (Å²) in [5.74, 6) is -1.30. The van der Waals surface area contributed by atoms with Crippen molar-refractivity contribution in [3.05, 3.63) is 77.7 Å². The number of hydrogen-bond acceptors (Lipinski definition) is 8. The molecule has 0 spiro atoms. The third-order valence-electron chi connectivity index (χ3n) is 4.34. The van der Waals surface area contributed by atoms with E-state index in [1.807, 2.05) is 6.07 Å². The lowest BCUT2D eigenvalue weighted by Gasteiger charge is -2.14. The van der Waals surface area contributed by atoms with Crippen LogP contribution in [0, 0.1) is 0 Å². The summed E-state index contributed by atoms with van der Waals surface area (Å²) in [7, 11) is 0. The van der Waals surface area contributed by atoms with Crippen LogP contribution in [0.4, 0.5) is 30.8 Å². The van der Waals surface area contributed by atoms with Crippen molar-refractivity contribution in [3.8, 4) is 0 Å². The molecular weight excluding hydrogens is 425 g/mol. The number of aromatic nitrogens is 4. The average molecular weight is 440 g/mol. The molecule has 2 aromatic carbocycles. The van der Waals surface area contributed by atoms with Gasteiger partial charge in [-0.05, 0) is 18.2 Å². The molecule has 0 saturated heterocycles. The number of esters is 1. The minimum Gasteiger partial charge on any atom is -0.454 e. The Balaban J connectivity index is 1.57. The highest BCUT2D eigenvalue weighted by Gasteiger charge is 2.38. The van der Waals surface area contributed by atoms with Gasteiger partial charge in [-0.25, -0.2) is 4.79 Å². The van der Waals surface area contributed by atoms with Crippen molar-refractivity contribution in [1.82, 2.24) is 19.9 Å². The first-order valence-corrected chi connectivity index (χ1v) is 9.26. The van der Waals surface area contributed by atoms with Crippen molar-refractivity contribution in [1.29, 1.82) is 0 Å². The number of carbonyl (C=O) groups excluding carboxylic acids is 1. The third-order valence-corrected chi connectivity index (χ3v) is 4.34. The number of nitrogen functional groups attached to an aromatic ring is 1. The molecule has 0 fully saturated rings. The number of nitrogens with one attached hydrogen (secondary N) is 1. The van der Waals surface area contributed by atoms with E-state index in [4.69, 9.17) is 10.5 Å². The Morgan fingerprint density at radius 2 is 1.72 bits per heavy atom. The van der Waals surface area contributed by atoms with Gasteiger partial charge < -0.3 is 15.8 Å².